The second-order valence-electron chi connectivity index (χ2n) is 4.77. The van der Waals surface area contributed by atoms with E-state index in [-0.39, 0.29) is 11.6 Å². The van der Waals surface area contributed by atoms with Crippen molar-refractivity contribution < 1.29 is 14.1 Å². The fourth-order valence-corrected chi connectivity index (χ4v) is 1.94. The smallest absolute Gasteiger partial charge is 0.274 e. The van der Waals surface area contributed by atoms with Gasteiger partial charge in [0.1, 0.15) is 11.5 Å². The van der Waals surface area contributed by atoms with E-state index in [1.807, 2.05) is 0 Å². The van der Waals surface area contributed by atoms with Gasteiger partial charge in [0.15, 0.2) is 0 Å². The van der Waals surface area contributed by atoms with Crippen molar-refractivity contribution in [2.75, 3.05) is 0 Å². The van der Waals surface area contributed by atoms with Gasteiger partial charge in [0.05, 0.1) is 16.2 Å². The molecule has 0 atom stereocenters. The number of rotatable bonds is 4. The molecule has 0 saturated carbocycles. The molecule has 0 spiro atoms. The number of nitrogens with one attached hydrogen (secondary N) is 1. The number of nitro groups is 1. The Morgan fingerprint density at radius 1 is 1.27 bits per heavy atom. The fourth-order valence-electron chi connectivity index (χ4n) is 1.94. The van der Waals surface area contributed by atoms with Crippen LogP contribution in [0.2, 0.25) is 0 Å². The zero-order chi connectivity index (χ0) is 16.3. The number of nitro benzene ring substituents is 1. The molecular weight excluding hydrogens is 286 g/mol. The number of carbonyl (C=O) groups is 1. The normalized spacial score (nSPS) is 11.3. The lowest BCUT2D eigenvalue weighted by Crippen LogP contribution is -2.19. The van der Waals surface area contributed by atoms with Crippen LogP contribution in [0.3, 0.4) is 0 Å². The summed E-state index contributed by atoms with van der Waals surface area (Å²) >= 11 is 0. The summed E-state index contributed by atoms with van der Waals surface area (Å²) in [6.45, 7) is 5.17. The van der Waals surface area contributed by atoms with E-state index in [4.69, 9.17) is 4.42 Å². The first-order chi connectivity index (χ1) is 10.4. The molecule has 0 radical (unpaired) electrons. The third-order valence-electron chi connectivity index (χ3n) is 3.11. The van der Waals surface area contributed by atoms with E-state index in [0.29, 0.717) is 28.4 Å². The van der Waals surface area contributed by atoms with Gasteiger partial charge in [-0.25, -0.2) is 5.43 Å². The van der Waals surface area contributed by atoms with E-state index in [1.165, 1.54) is 12.1 Å². The van der Waals surface area contributed by atoms with Gasteiger partial charge in [-0.3, -0.25) is 14.9 Å². The van der Waals surface area contributed by atoms with E-state index in [0.717, 1.165) is 0 Å². The Kier molecular flexibility index (Phi) is 4.36. The van der Waals surface area contributed by atoms with Crippen molar-refractivity contribution in [2.45, 2.75) is 20.8 Å². The Labute approximate surface area is 126 Å². The Bertz CT molecular complexity index is 745. The molecule has 2 rings (SSSR count). The number of benzene rings is 1. The lowest BCUT2D eigenvalue weighted by molar-refractivity contribution is -0.384. The molecule has 2 aromatic rings. The summed E-state index contributed by atoms with van der Waals surface area (Å²) in [5, 5.41) is 14.6. The molecule has 7 heteroatoms. The number of amides is 1. The highest BCUT2D eigenvalue weighted by atomic mass is 16.6. The molecule has 0 saturated heterocycles. The Balaban J connectivity index is 2.10. The van der Waals surface area contributed by atoms with Crippen LogP contribution in [0, 0.1) is 24.0 Å². The zero-order valence-corrected chi connectivity index (χ0v) is 12.4. The van der Waals surface area contributed by atoms with Gasteiger partial charge in [0, 0.05) is 12.1 Å². The fraction of sp³-hybridized carbons (Fsp3) is 0.200. The van der Waals surface area contributed by atoms with Crippen LogP contribution in [0.15, 0.2) is 39.9 Å². The molecule has 0 unspecified atom stereocenters. The third-order valence-corrected chi connectivity index (χ3v) is 3.11. The first kappa shape index (κ1) is 15.4. The summed E-state index contributed by atoms with van der Waals surface area (Å²) in [5.74, 6) is 0.813. The predicted molar refractivity (Wildman–Crippen MR) is 81.0 cm³/mol. The quantitative estimate of drug-likeness (QED) is 0.533. The molecule has 1 aromatic carbocycles. The van der Waals surface area contributed by atoms with Crippen LogP contribution in [-0.4, -0.2) is 16.5 Å². The standard InChI is InChI=1S/C15H15N3O4/c1-9-8-14(11(3)22-9)15(19)17-16-10(2)12-4-6-13(7-5-12)18(20)21/h4-8H,1-3H3,(H,17,19). The highest BCUT2D eigenvalue weighted by molar-refractivity contribution is 6.01. The number of hydrazone groups is 1. The number of aryl methyl sites for hydroxylation is 2. The van der Waals surface area contributed by atoms with Gasteiger partial charge in [0.2, 0.25) is 0 Å². The van der Waals surface area contributed by atoms with Crippen molar-refractivity contribution in [2.24, 2.45) is 5.10 Å². The van der Waals surface area contributed by atoms with Gasteiger partial charge in [-0.15, -0.1) is 0 Å². The molecular formula is C15H15N3O4. The van der Waals surface area contributed by atoms with E-state index in [9.17, 15) is 14.9 Å². The molecule has 1 heterocycles. The van der Waals surface area contributed by atoms with Crippen LogP contribution in [0.25, 0.3) is 0 Å². The van der Waals surface area contributed by atoms with Crippen LogP contribution < -0.4 is 5.43 Å². The van der Waals surface area contributed by atoms with Gasteiger partial charge in [0.25, 0.3) is 11.6 Å². The minimum absolute atomic E-state index is 0.00471. The monoisotopic (exact) mass is 301 g/mol. The van der Waals surface area contributed by atoms with Crippen LogP contribution >= 0.6 is 0 Å². The molecule has 1 amide bonds. The topological polar surface area (TPSA) is 97.7 Å². The summed E-state index contributed by atoms with van der Waals surface area (Å²) in [6, 6.07) is 7.58. The number of hydrogen-bond donors (Lipinski definition) is 1. The summed E-state index contributed by atoms with van der Waals surface area (Å²) in [7, 11) is 0. The highest BCUT2D eigenvalue weighted by Crippen LogP contribution is 2.14. The second kappa shape index (κ2) is 6.21. The van der Waals surface area contributed by atoms with Crippen molar-refractivity contribution in [3.05, 3.63) is 63.1 Å². The van der Waals surface area contributed by atoms with Crippen molar-refractivity contribution in [3.8, 4) is 0 Å². The van der Waals surface area contributed by atoms with Crippen molar-refractivity contribution >= 4 is 17.3 Å². The maximum Gasteiger partial charge on any atom is 0.274 e. The Morgan fingerprint density at radius 2 is 1.91 bits per heavy atom. The van der Waals surface area contributed by atoms with Crippen molar-refractivity contribution in [1.29, 1.82) is 0 Å². The maximum atomic E-state index is 12.0. The van der Waals surface area contributed by atoms with Crippen LogP contribution in [0.4, 0.5) is 5.69 Å². The van der Waals surface area contributed by atoms with Crippen molar-refractivity contribution in [3.63, 3.8) is 0 Å². The lowest BCUT2D eigenvalue weighted by atomic mass is 10.1. The molecule has 0 bridgehead atoms. The largest absolute Gasteiger partial charge is 0.466 e. The number of non-ortho nitro benzene ring substituents is 1. The maximum absolute atomic E-state index is 12.0. The first-order valence-corrected chi connectivity index (χ1v) is 6.55. The van der Waals surface area contributed by atoms with Crippen molar-refractivity contribution in [1.82, 2.24) is 5.43 Å². The highest BCUT2D eigenvalue weighted by Gasteiger charge is 2.13. The van der Waals surface area contributed by atoms with Gasteiger partial charge in [-0.05, 0) is 44.5 Å². The van der Waals surface area contributed by atoms with E-state index >= 15 is 0 Å². The summed E-state index contributed by atoms with van der Waals surface area (Å²) in [4.78, 5) is 22.1. The van der Waals surface area contributed by atoms with Gasteiger partial charge in [-0.1, -0.05) is 0 Å². The molecule has 22 heavy (non-hydrogen) atoms. The average molecular weight is 301 g/mol. The van der Waals surface area contributed by atoms with Crippen LogP contribution in [0.5, 0.6) is 0 Å². The second-order valence-corrected chi connectivity index (χ2v) is 4.77. The van der Waals surface area contributed by atoms with Gasteiger partial charge < -0.3 is 4.42 Å². The number of hydrogen-bond acceptors (Lipinski definition) is 5. The molecule has 1 N–H and O–H groups in total. The van der Waals surface area contributed by atoms with Gasteiger partial charge in [-0.2, -0.15) is 5.10 Å². The average Bonchev–Trinajstić information content (AvgIpc) is 2.83. The molecule has 0 aliphatic rings. The minimum atomic E-state index is -0.470. The lowest BCUT2D eigenvalue weighted by Gasteiger charge is -2.02. The van der Waals surface area contributed by atoms with E-state index in [2.05, 4.69) is 10.5 Å². The first-order valence-electron chi connectivity index (χ1n) is 6.55. The molecule has 7 nitrogen and oxygen atoms in total. The molecule has 1 aromatic heterocycles. The predicted octanol–water partition coefficient (Wildman–Crippen LogP) is 2.96. The number of nitrogens with zero attached hydrogens (tertiary/aromatic N) is 2. The molecule has 114 valence electrons. The summed E-state index contributed by atoms with van der Waals surface area (Å²) in [5.41, 5.74) is 4.11. The Hall–Kier alpha value is -2.96. The molecule has 0 fully saturated rings. The molecule has 0 aliphatic heterocycles. The summed E-state index contributed by atoms with van der Waals surface area (Å²) in [6.07, 6.45) is 0. The van der Waals surface area contributed by atoms with E-state index in [1.54, 1.807) is 39.0 Å². The number of furan rings is 1. The summed E-state index contributed by atoms with van der Waals surface area (Å²) < 4.78 is 5.29. The SMILES string of the molecule is CC(=NNC(=O)c1cc(C)oc1C)c1ccc([N+](=O)[O-])cc1. The van der Waals surface area contributed by atoms with Crippen LogP contribution in [-0.2, 0) is 0 Å². The van der Waals surface area contributed by atoms with Crippen LogP contribution in [0.1, 0.15) is 34.4 Å². The third kappa shape index (κ3) is 3.38. The number of carbonyl (C=O) groups excluding carboxylic acids is 1. The minimum Gasteiger partial charge on any atom is -0.466 e. The van der Waals surface area contributed by atoms with E-state index < -0.39 is 4.92 Å². The Morgan fingerprint density at radius 3 is 2.41 bits per heavy atom. The molecule has 0 aliphatic carbocycles. The zero-order valence-electron chi connectivity index (χ0n) is 12.4. The van der Waals surface area contributed by atoms with Gasteiger partial charge >= 0.3 is 0 Å².